The average Bonchev–Trinajstić information content (AvgIpc) is 3.06. The highest BCUT2D eigenvalue weighted by molar-refractivity contribution is 5.95. The van der Waals surface area contributed by atoms with E-state index in [-0.39, 0.29) is 18.3 Å². The van der Waals surface area contributed by atoms with Crippen molar-refractivity contribution in [3.05, 3.63) is 60.0 Å². The molecular weight excluding hydrogens is 314 g/mol. The summed E-state index contributed by atoms with van der Waals surface area (Å²) in [6.45, 7) is 1.55. The van der Waals surface area contributed by atoms with Gasteiger partial charge in [-0.15, -0.1) is 12.4 Å². The average molecular weight is 328 g/mol. The van der Waals surface area contributed by atoms with E-state index in [1.54, 1.807) is 18.3 Å². The summed E-state index contributed by atoms with van der Waals surface area (Å²) >= 11 is 0. The van der Waals surface area contributed by atoms with Gasteiger partial charge < -0.3 is 5.32 Å². The van der Waals surface area contributed by atoms with Crippen molar-refractivity contribution in [1.82, 2.24) is 14.5 Å². The molecule has 116 valence electrons. The van der Waals surface area contributed by atoms with E-state index in [0.29, 0.717) is 11.2 Å². The van der Waals surface area contributed by atoms with Gasteiger partial charge in [-0.1, -0.05) is 12.1 Å². The Bertz CT molecular complexity index is 936. The summed E-state index contributed by atoms with van der Waals surface area (Å²) in [4.78, 5) is 24.9. The molecule has 1 aliphatic rings. The van der Waals surface area contributed by atoms with Gasteiger partial charge in [0.15, 0.2) is 0 Å². The molecule has 7 heteroatoms. The molecule has 0 spiro atoms. The molecule has 0 saturated carbocycles. The molecular formula is C16H14ClN5O. The number of anilines is 1. The van der Waals surface area contributed by atoms with E-state index in [1.807, 2.05) is 28.8 Å². The van der Waals surface area contributed by atoms with Crippen LogP contribution in [-0.2, 0) is 6.54 Å². The van der Waals surface area contributed by atoms with E-state index in [9.17, 15) is 4.79 Å². The number of para-hydroxylation sites is 1. The highest BCUT2D eigenvalue weighted by Crippen LogP contribution is 2.22. The van der Waals surface area contributed by atoms with Crippen LogP contribution >= 0.6 is 12.4 Å². The van der Waals surface area contributed by atoms with Gasteiger partial charge in [-0.3, -0.25) is 14.3 Å². The summed E-state index contributed by atoms with van der Waals surface area (Å²) in [5, 5.41) is 4.37. The standard InChI is InChI=1S/C16H13N5O.ClH/c22-15(11-4-3-7-17-10-11)20-16-19-13-6-2-1-5-12(13)14-18-8-9-21(14)16;/h1-7,10,18H,8-9H2;1H. The maximum Gasteiger partial charge on any atom is 0.281 e. The number of nitrogens with zero attached hydrogens (tertiary/aromatic N) is 4. The predicted octanol–water partition coefficient (Wildman–Crippen LogP) is 2.02. The molecule has 1 amide bonds. The number of benzene rings is 1. The molecule has 23 heavy (non-hydrogen) atoms. The quantitative estimate of drug-likeness (QED) is 0.742. The van der Waals surface area contributed by atoms with Gasteiger partial charge in [0.1, 0.15) is 5.82 Å². The molecule has 0 atom stereocenters. The maximum atomic E-state index is 12.3. The Kier molecular flexibility index (Phi) is 4.08. The first-order chi connectivity index (χ1) is 10.8. The van der Waals surface area contributed by atoms with Crippen molar-refractivity contribution in [2.75, 3.05) is 11.9 Å². The third-order valence-electron chi connectivity index (χ3n) is 3.63. The molecule has 0 bridgehead atoms. The lowest BCUT2D eigenvalue weighted by atomic mass is 10.2. The highest BCUT2D eigenvalue weighted by Gasteiger charge is 2.15. The summed E-state index contributed by atoms with van der Waals surface area (Å²) < 4.78 is 1.94. The topological polar surface area (TPSA) is 72.2 Å². The van der Waals surface area contributed by atoms with Gasteiger partial charge in [0.05, 0.1) is 11.1 Å². The highest BCUT2D eigenvalue weighted by atomic mass is 35.5. The molecule has 2 aromatic heterocycles. The molecule has 3 aromatic rings. The Morgan fingerprint density at radius 1 is 1.22 bits per heavy atom. The van der Waals surface area contributed by atoms with Crippen molar-refractivity contribution in [1.29, 1.82) is 0 Å². The Labute approximate surface area is 138 Å². The molecule has 6 nitrogen and oxygen atoms in total. The van der Waals surface area contributed by atoms with Gasteiger partial charge in [0.2, 0.25) is 5.62 Å². The van der Waals surface area contributed by atoms with Crippen molar-refractivity contribution < 1.29 is 4.79 Å². The number of nitrogens with one attached hydrogen (secondary N) is 1. The summed E-state index contributed by atoms with van der Waals surface area (Å²) in [6.07, 6.45) is 3.14. The van der Waals surface area contributed by atoms with Gasteiger partial charge in [-0.2, -0.15) is 4.99 Å². The molecule has 0 unspecified atom stereocenters. The number of carbonyl (C=O) groups excluding carboxylic acids is 1. The summed E-state index contributed by atoms with van der Waals surface area (Å²) in [5.41, 5.74) is 1.70. The summed E-state index contributed by atoms with van der Waals surface area (Å²) in [5.74, 6) is 0.626. The number of hydrogen-bond acceptors (Lipinski definition) is 4. The minimum atomic E-state index is -0.336. The Balaban J connectivity index is 0.00000156. The monoisotopic (exact) mass is 327 g/mol. The van der Waals surface area contributed by atoms with Crippen molar-refractivity contribution in [2.24, 2.45) is 4.99 Å². The number of halogens is 1. The van der Waals surface area contributed by atoms with Crippen LogP contribution in [0.2, 0.25) is 0 Å². The number of aromatic nitrogens is 3. The normalized spacial score (nSPS) is 13.3. The predicted molar refractivity (Wildman–Crippen MR) is 89.6 cm³/mol. The number of carbonyl (C=O) groups is 1. The van der Waals surface area contributed by atoms with E-state index < -0.39 is 0 Å². The van der Waals surface area contributed by atoms with Gasteiger partial charge in [0, 0.05) is 30.9 Å². The van der Waals surface area contributed by atoms with Gasteiger partial charge >= 0.3 is 0 Å². The van der Waals surface area contributed by atoms with E-state index in [2.05, 4.69) is 20.3 Å². The van der Waals surface area contributed by atoms with Gasteiger partial charge in [-0.05, 0) is 24.3 Å². The van der Waals surface area contributed by atoms with E-state index in [0.717, 1.165) is 29.8 Å². The zero-order valence-electron chi connectivity index (χ0n) is 12.1. The zero-order valence-corrected chi connectivity index (χ0v) is 13.0. The minimum Gasteiger partial charge on any atom is -0.369 e. The lowest BCUT2D eigenvalue weighted by Gasteiger charge is -2.07. The zero-order chi connectivity index (χ0) is 14.9. The molecule has 0 saturated heterocycles. The van der Waals surface area contributed by atoms with Crippen LogP contribution in [0, 0.1) is 0 Å². The molecule has 0 aliphatic carbocycles. The van der Waals surface area contributed by atoms with Crippen LogP contribution < -0.4 is 10.9 Å². The Morgan fingerprint density at radius 2 is 2.09 bits per heavy atom. The minimum absolute atomic E-state index is 0. The fraction of sp³-hybridized carbons (Fsp3) is 0.125. The summed E-state index contributed by atoms with van der Waals surface area (Å²) in [6, 6.07) is 11.2. The Morgan fingerprint density at radius 3 is 2.91 bits per heavy atom. The molecule has 1 N–H and O–H groups in total. The van der Waals surface area contributed by atoms with E-state index in [1.165, 1.54) is 6.20 Å². The SMILES string of the molecule is Cl.O=C(N=c1nc2ccccc2c2n1CCN2)c1cccnc1. The second-order valence-corrected chi connectivity index (χ2v) is 5.01. The number of pyridine rings is 1. The van der Waals surface area contributed by atoms with Crippen molar-refractivity contribution in [3.8, 4) is 0 Å². The molecule has 4 rings (SSSR count). The fourth-order valence-corrected chi connectivity index (χ4v) is 2.60. The van der Waals surface area contributed by atoms with Crippen LogP contribution in [0.15, 0.2) is 53.8 Å². The Hall–Kier alpha value is -2.73. The third-order valence-corrected chi connectivity index (χ3v) is 3.63. The van der Waals surface area contributed by atoms with Crippen LogP contribution in [-0.4, -0.2) is 27.0 Å². The summed E-state index contributed by atoms with van der Waals surface area (Å²) in [7, 11) is 0. The fourth-order valence-electron chi connectivity index (χ4n) is 2.60. The van der Waals surface area contributed by atoms with E-state index in [4.69, 9.17) is 0 Å². The molecule has 1 aromatic carbocycles. The second-order valence-electron chi connectivity index (χ2n) is 5.01. The second kappa shape index (κ2) is 6.18. The van der Waals surface area contributed by atoms with Gasteiger partial charge in [0.25, 0.3) is 5.91 Å². The lowest BCUT2D eigenvalue weighted by molar-refractivity contribution is 0.0996. The molecule has 0 radical (unpaired) electrons. The first kappa shape index (κ1) is 15.2. The van der Waals surface area contributed by atoms with Gasteiger partial charge in [-0.25, -0.2) is 4.98 Å². The van der Waals surface area contributed by atoms with Crippen molar-refractivity contribution >= 4 is 35.0 Å². The first-order valence-corrected chi connectivity index (χ1v) is 7.05. The van der Waals surface area contributed by atoms with Crippen LogP contribution in [0.5, 0.6) is 0 Å². The van der Waals surface area contributed by atoms with Crippen LogP contribution in [0.1, 0.15) is 10.4 Å². The molecule has 0 fully saturated rings. The smallest absolute Gasteiger partial charge is 0.281 e. The van der Waals surface area contributed by atoms with E-state index >= 15 is 0 Å². The third kappa shape index (κ3) is 2.68. The van der Waals surface area contributed by atoms with Crippen LogP contribution in [0.25, 0.3) is 10.9 Å². The number of hydrogen-bond donors (Lipinski definition) is 1. The van der Waals surface area contributed by atoms with Crippen molar-refractivity contribution in [2.45, 2.75) is 6.54 Å². The number of amides is 1. The van der Waals surface area contributed by atoms with Crippen LogP contribution in [0.3, 0.4) is 0 Å². The molecule has 3 heterocycles. The lowest BCUT2D eigenvalue weighted by Crippen LogP contribution is -2.24. The maximum absolute atomic E-state index is 12.3. The molecule has 1 aliphatic heterocycles. The largest absolute Gasteiger partial charge is 0.369 e. The first-order valence-electron chi connectivity index (χ1n) is 7.05. The number of fused-ring (bicyclic) bond motifs is 3. The van der Waals surface area contributed by atoms with Crippen LogP contribution in [0.4, 0.5) is 5.82 Å². The number of rotatable bonds is 1. The van der Waals surface area contributed by atoms with Crippen molar-refractivity contribution in [3.63, 3.8) is 0 Å².